The van der Waals surface area contributed by atoms with Crippen LogP contribution in [0.2, 0.25) is 0 Å². The van der Waals surface area contributed by atoms with Crippen molar-refractivity contribution in [2.24, 2.45) is 0 Å². The van der Waals surface area contributed by atoms with Gasteiger partial charge in [-0.05, 0) is 35.4 Å². The summed E-state index contributed by atoms with van der Waals surface area (Å²) in [7, 11) is 1.40. The smallest absolute Gasteiger partial charge is 0.387 e. The Bertz CT molecular complexity index is 768. The fourth-order valence-corrected chi connectivity index (χ4v) is 3.40. The zero-order valence-corrected chi connectivity index (χ0v) is 16.2. The van der Waals surface area contributed by atoms with Crippen LogP contribution >= 0.6 is 0 Å². The second-order valence-electron chi connectivity index (χ2n) is 6.71. The molecule has 1 atom stereocenters. The Morgan fingerprint density at radius 3 is 2.45 bits per heavy atom. The predicted molar refractivity (Wildman–Crippen MR) is 103 cm³/mol. The number of alkyl halides is 2. The van der Waals surface area contributed by atoms with Gasteiger partial charge >= 0.3 is 6.61 Å². The molecule has 29 heavy (non-hydrogen) atoms. The molecule has 0 radical (unpaired) electrons. The van der Waals surface area contributed by atoms with E-state index >= 15 is 0 Å². The first-order valence-corrected chi connectivity index (χ1v) is 9.46. The third-order valence-electron chi connectivity index (χ3n) is 4.85. The summed E-state index contributed by atoms with van der Waals surface area (Å²) in [6.07, 6.45) is 0. The number of ether oxygens (including phenoxy) is 3. The number of methoxy groups -OCH3 is 1. The zero-order valence-electron chi connectivity index (χ0n) is 16.2. The lowest BCUT2D eigenvalue weighted by molar-refractivity contribution is -0.0512. The van der Waals surface area contributed by atoms with Gasteiger partial charge in [0, 0.05) is 32.2 Å². The number of nitrogens with zero attached hydrogens (tertiary/aromatic N) is 1. The molecule has 1 N–H and O–H groups in total. The van der Waals surface area contributed by atoms with Crippen LogP contribution in [0.4, 0.5) is 13.2 Å². The Kier molecular flexibility index (Phi) is 7.74. The molecule has 1 aliphatic heterocycles. The van der Waals surface area contributed by atoms with Crippen LogP contribution < -0.4 is 14.8 Å². The minimum absolute atomic E-state index is 0.00469. The number of morpholine rings is 1. The van der Waals surface area contributed by atoms with Gasteiger partial charge in [-0.2, -0.15) is 8.78 Å². The van der Waals surface area contributed by atoms with E-state index in [1.807, 2.05) is 0 Å². The van der Waals surface area contributed by atoms with Crippen molar-refractivity contribution in [1.82, 2.24) is 10.2 Å². The Morgan fingerprint density at radius 2 is 1.79 bits per heavy atom. The fraction of sp³-hybridized carbons (Fsp3) is 0.429. The molecular formula is C21H25F3N2O3. The van der Waals surface area contributed by atoms with Gasteiger partial charge in [0.05, 0.1) is 20.3 Å². The van der Waals surface area contributed by atoms with Crippen molar-refractivity contribution in [3.05, 3.63) is 59.4 Å². The first kappa shape index (κ1) is 21.4. The molecule has 2 aromatic rings. The third-order valence-corrected chi connectivity index (χ3v) is 4.85. The predicted octanol–water partition coefficient (Wildman–Crippen LogP) is 3.60. The maximum absolute atomic E-state index is 13.3. The van der Waals surface area contributed by atoms with Crippen LogP contribution in [0.1, 0.15) is 17.2 Å². The average Bonchev–Trinajstić information content (AvgIpc) is 2.72. The highest BCUT2D eigenvalue weighted by atomic mass is 19.3. The molecule has 1 unspecified atom stereocenters. The molecule has 1 aliphatic rings. The van der Waals surface area contributed by atoms with Crippen LogP contribution in [-0.2, 0) is 11.3 Å². The number of benzene rings is 2. The van der Waals surface area contributed by atoms with Crippen LogP contribution in [-0.4, -0.2) is 51.5 Å². The number of halogens is 3. The zero-order chi connectivity index (χ0) is 20.6. The van der Waals surface area contributed by atoms with E-state index in [-0.39, 0.29) is 23.4 Å². The van der Waals surface area contributed by atoms with Gasteiger partial charge < -0.3 is 19.5 Å². The molecule has 0 amide bonds. The normalized spacial score (nSPS) is 16.0. The second kappa shape index (κ2) is 10.5. The summed E-state index contributed by atoms with van der Waals surface area (Å²) in [4.78, 5) is 2.29. The van der Waals surface area contributed by atoms with E-state index < -0.39 is 6.61 Å². The van der Waals surface area contributed by atoms with Gasteiger partial charge in [0.1, 0.15) is 5.82 Å². The highest BCUT2D eigenvalue weighted by Gasteiger charge is 2.22. The molecular weight excluding hydrogens is 385 g/mol. The largest absolute Gasteiger partial charge is 0.493 e. The molecule has 0 saturated carbocycles. The van der Waals surface area contributed by atoms with Gasteiger partial charge in [-0.1, -0.05) is 18.2 Å². The van der Waals surface area contributed by atoms with Crippen LogP contribution in [0.25, 0.3) is 0 Å². The highest BCUT2D eigenvalue weighted by molar-refractivity contribution is 5.43. The highest BCUT2D eigenvalue weighted by Crippen LogP contribution is 2.29. The Labute approximate surface area is 168 Å². The maximum Gasteiger partial charge on any atom is 0.387 e. The number of hydrogen-bond donors (Lipinski definition) is 1. The molecule has 1 heterocycles. The van der Waals surface area contributed by atoms with Crippen molar-refractivity contribution >= 4 is 0 Å². The molecule has 0 aromatic heterocycles. The molecule has 158 valence electrons. The van der Waals surface area contributed by atoms with E-state index in [0.29, 0.717) is 26.3 Å². The molecule has 0 bridgehead atoms. The van der Waals surface area contributed by atoms with E-state index in [9.17, 15) is 13.2 Å². The molecule has 0 aliphatic carbocycles. The molecule has 1 saturated heterocycles. The number of rotatable bonds is 9. The SMILES string of the molecule is COc1ccc(CNCC(c2ccc(F)cc2)N2CCOCC2)cc1OC(F)F. The molecule has 1 fully saturated rings. The van der Waals surface area contributed by atoms with Gasteiger partial charge in [-0.15, -0.1) is 0 Å². The van der Waals surface area contributed by atoms with E-state index in [1.54, 1.807) is 30.3 Å². The Hall–Kier alpha value is -2.29. The lowest BCUT2D eigenvalue weighted by Gasteiger charge is -2.35. The third kappa shape index (κ3) is 6.09. The second-order valence-corrected chi connectivity index (χ2v) is 6.71. The van der Waals surface area contributed by atoms with E-state index in [1.165, 1.54) is 19.2 Å². The van der Waals surface area contributed by atoms with Gasteiger partial charge in [-0.3, -0.25) is 4.90 Å². The summed E-state index contributed by atoms with van der Waals surface area (Å²) in [6, 6.07) is 11.5. The first-order valence-electron chi connectivity index (χ1n) is 9.46. The van der Waals surface area contributed by atoms with E-state index in [0.717, 1.165) is 24.2 Å². The van der Waals surface area contributed by atoms with Crippen LogP contribution in [0.5, 0.6) is 11.5 Å². The fourth-order valence-electron chi connectivity index (χ4n) is 3.40. The molecule has 3 rings (SSSR count). The number of nitrogens with one attached hydrogen (secondary N) is 1. The van der Waals surface area contributed by atoms with Gasteiger partial charge in [0.15, 0.2) is 11.5 Å². The summed E-state index contributed by atoms with van der Waals surface area (Å²) in [5, 5.41) is 3.37. The summed E-state index contributed by atoms with van der Waals surface area (Å²) in [6.45, 7) is 1.05. The van der Waals surface area contributed by atoms with E-state index in [2.05, 4.69) is 15.0 Å². The van der Waals surface area contributed by atoms with Crippen molar-refractivity contribution in [2.45, 2.75) is 19.2 Å². The van der Waals surface area contributed by atoms with Gasteiger partial charge in [-0.25, -0.2) is 4.39 Å². The van der Waals surface area contributed by atoms with Crippen LogP contribution in [0, 0.1) is 5.82 Å². The summed E-state index contributed by atoms with van der Waals surface area (Å²) < 4.78 is 53.6. The average molecular weight is 410 g/mol. The maximum atomic E-state index is 13.3. The van der Waals surface area contributed by atoms with Crippen LogP contribution in [0.15, 0.2) is 42.5 Å². The molecule has 8 heteroatoms. The quantitative estimate of drug-likeness (QED) is 0.684. The number of hydrogen-bond acceptors (Lipinski definition) is 5. The van der Waals surface area contributed by atoms with Crippen molar-refractivity contribution in [3.8, 4) is 11.5 Å². The van der Waals surface area contributed by atoms with Crippen LogP contribution in [0.3, 0.4) is 0 Å². The van der Waals surface area contributed by atoms with Crippen molar-refractivity contribution in [3.63, 3.8) is 0 Å². The topological polar surface area (TPSA) is 43.0 Å². The van der Waals surface area contributed by atoms with Crippen molar-refractivity contribution < 1.29 is 27.4 Å². The molecule has 2 aromatic carbocycles. The molecule has 0 spiro atoms. The monoisotopic (exact) mass is 410 g/mol. The Morgan fingerprint density at radius 1 is 1.07 bits per heavy atom. The van der Waals surface area contributed by atoms with Crippen molar-refractivity contribution in [1.29, 1.82) is 0 Å². The lowest BCUT2D eigenvalue weighted by Crippen LogP contribution is -2.42. The van der Waals surface area contributed by atoms with Crippen molar-refractivity contribution in [2.75, 3.05) is 40.0 Å². The minimum atomic E-state index is -2.92. The minimum Gasteiger partial charge on any atom is -0.493 e. The molecule has 5 nitrogen and oxygen atoms in total. The summed E-state index contributed by atoms with van der Waals surface area (Å²) in [5.74, 6) is -0.0103. The van der Waals surface area contributed by atoms with Gasteiger partial charge in [0.25, 0.3) is 0 Å². The van der Waals surface area contributed by atoms with E-state index in [4.69, 9.17) is 9.47 Å². The Balaban J connectivity index is 1.67. The summed E-state index contributed by atoms with van der Waals surface area (Å²) >= 11 is 0. The standard InChI is InChI=1S/C21H25F3N2O3/c1-27-19-7-2-15(12-20(19)29-21(23)24)13-25-14-18(26-8-10-28-11-9-26)16-3-5-17(22)6-4-16/h2-7,12,18,21,25H,8-11,13-14H2,1H3. The lowest BCUT2D eigenvalue weighted by atomic mass is 10.0. The summed E-state index contributed by atoms with van der Waals surface area (Å²) in [5.41, 5.74) is 1.80. The van der Waals surface area contributed by atoms with Gasteiger partial charge in [0.2, 0.25) is 0 Å². The first-order chi connectivity index (χ1) is 14.1.